The molecule has 3 nitrogen and oxygen atoms in total. The first kappa shape index (κ1) is 11.4. The molecular formula is C11H13N2OS2+. The third-order valence-corrected chi connectivity index (χ3v) is 4.66. The summed E-state index contributed by atoms with van der Waals surface area (Å²) in [5.41, 5.74) is 2.05. The zero-order valence-electron chi connectivity index (χ0n) is 9.40. The van der Waals surface area contributed by atoms with E-state index in [0.717, 1.165) is 5.69 Å². The first-order valence-electron chi connectivity index (χ1n) is 4.86. The number of fused-ring (bicyclic) bond motifs is 1. The largest absolute Gasteiger partial charge is 0.326 e. The van der Waals surface area contributed by atoms with Crippen LogP contribution in [0.1, 0.15) is 6.92 Å². The molecule has 2 aromatic rings. The lowest BCUT2D eigenvalue weighted by atomic mass is 10.3. The van der Waals surface area contributed by atoms with Gasteiger partial charge in [0, 0.05) is 18.7 Å². The lowest BCUT2D eigenvalue weighted by Crippen LogP contribution is -2.27. The summed E-state index contributed by atoms with van der Waals surface area (Å²) < 4.78 is 4.62. The number of carbonyl (C=O) groups is 1. The van der Waals surface area contributed by atoms with Crippen molar-refractivity contribution in [1.29, 1.82) is 0 Å². The van der Waals surface area contributed by atoms with Crippen molar-refractivity contribution < 1.29 is 9.36 Å². The average molecular weight is 253 g/mol. The summed E-state index contributed by atoms with van der Waals surface area (Å²) in [5.74, 6) is -0.0367. The summed E-state index contributed by atoms with van der Waals surface area (Å²) in [4.78, 5) is 11.0. The SMILES string of the molecule is CSc1sc2cc(NC(C)=O)ccc2[n+]1C. The maximum absolute atomic E-state index is 11.0. The Hall–Kier alpha value is -1.07. The van der Waals surface area contributed by atoms with Crippen LogP contribution in [-0.4, -0.2) is 12.2 Å². The fourth-order valence-corrected chi connectivity index (χ4v) is 3.49. The zero-order valence-corrected chi connectivity index (χ0v) is 11.0. The maximum Gasteiger partial charge on any atom is 0.297 e. The quantitative estimate of drug-likeness (QED) is 0.658. The van der Waals surface area contributed by atoms with E-state index in [0.29, 0.717) is 0 Å². The van der Waals surface area contributed by atoms with Gasteiger partial charge in [0.25, 0.3) is 4.34 Å². The molecule has 0 radical (unpaired) electrons. The van der Waals surface area contributed by atoms with Crippen LogP contribution in [0.5, 0.6) is 0 Å². The van der Waals surface area contributed by atoms with Gasteiger partial charge in [-0.25, -0.2) is 0 Å². The van der Waals surface area contributed by atoms with E-state index in [1.54, 1.807) is 23.1 Å². The number of hydrogen-bond acceptors (Lipinski definition) is 3. The van der Waals surface area contributed by atoms with Gasteiger partial charge in [-0.3, -0.25) is 4.79 Å². The Balaban J connectivity index is 2.50. The Kier molecular flexibility index (Phi) is 3.16. The minimum Gasteiger partial charge on any atom is -0.326 e. The van der Waals surface area contributed by atoms with Gasteiger partial charge in [0.1, 0.15) is 11.7 Å². The number of rotatable bonds is 2. The van der Waals surface area contributed by atoms with Gasteiger partial charge in [-0.15, -0.1) is 0 Å². The summed E-state index contributed by atoms with van der Waals surface area (Å²) in [5, 5.41) is 2.80. The minimum absolute atomic E-state index is 0.0367. The number of aryl methyl sites for hydroxylation is 1. The van der Waals surface area contributed by atoms with E-state index in [1.807, 2.05) is 18.2 Å². The second kappa shape index (κ2) is 4.43. The van der Waals surface area contributed by atoms with Crippen LogP contribution in [-0.2, 0) is 11.8 Å². The molecule has 1 aromatic heterocycles. The highest BCUT2D eigenvalue weighted by atomic mass is 32.2. The Morgan fingerprint density at radius 2 is 2.25 bits per heavy atom. The second-order valence-corrected chi connectivity index (χ2v) is 5.58. The molecule has 1 heterocycles. The van der Waals surface area contributed by atoms with Gasteiger partial charge in [0.2, 0.25) is 11.4 Å². The Morgan fingerprint density at radius 3 is 2.88 bits per heavy atom. The van der Waals surface area contributed by atoms with Crippen LogP contribution in [0.3, 0.4) is 0 Å². The van der Waals surface area contributed by atoms with Gasteiger partial charge in [0.15, 0.2) is 0 Å². The van der Waals surface area contributed by atoms with E-state index in [4.69, 9.17) is 0 Å². The molecule has 0 aliphatic heterocycles. The van der Waals surface area contributed by atoms with Crippen LogP contribution in [0.15, 0.2) is 22.5 Å². The minimum atomic E-state index is -0.0367. The Bertz CT molecular complexity index is 548. The van der Waals surface area contributed by atoms with Crippen molar-refractivity contribution in [2.75, 3.05) is 11.6 Å². The second-order valence-electron chi connectivity index (χ2n) is 3.49. The number of aromatic nitrogens is 1. The van der Waals surface area contributed by atoms with Crippen LogP contribution >= 0.6 is 23.1 Å². The number of nitrogens with one attached hydrogen (secondary N) is 1. The van der Waals surface area contributed by atoms with E-state index in [-0.39, 0.29) is 5.91 Å². The standard InChI is InChI=1S/C11H12N2OS2/c1-7(14)12-8-4-5-9-10(6-8)16-11(15-3)13(9)2/h4-6H,1-3H3/p+1. The van der Waals surface area contributed by atoms with Gasteiger partial charge >= 0.3 is 0 Å². The number of benzene rings is 1. The number of hydrogen-bond donors (Lipinski definition) is 1. The molecule has 0 aliphatic carbocycles. The number of carbonyl (C=O) groups excluding carboxylic acids is 1. The van der Waals surface area contributed by atoms with Crippen molar-refractivity contribution in [2.45, 2.75) is 11.3 Å². The fourth-order valence-electron chi connectivity index (χ4n) is 1.59. The topological polar surface area (TPSA) is 33.0 Å². The van der Waals surface area contributed by atoms with E-state index >= 15 is 0 Å². The highest BCUT2D eigenvalue weighted by Crippen LogP contribution is 2.28. The summed E-state index contributed by atoms with van der Waals surface area (Å²) in [7, 11) is 2.06. The Morgan fingerprint density at radius 1 is 1.50 bits per heavy atom. The van der Waals surface area contributed by atoms with Crippen LogP contribution in [0.2, 0.25) is 0 Å². The summed E-state index contributed by atoms with van der Waals surface area (Å²) in [6.07, 6.45) is 2.07. The normalized spacial score (nSPS) is 10.7. The molecule has 0 atom stereocenters. The van der Waals surface area contributed by atoms with Gasteiger partial charge in [-0.05, 0) is 30.2 Å². The molecule has 0 saturated carbocycles. The molecule has 0 unspecified atom stereocenters. The molecule has 0 saturated heterocycles. The Labute approximate surface area is 102 Å². The van der Waals surface area contributed by atoms with Crippen molar-refractivity contribution in [3.8, 4) is 0 Å². The molecule has 0 aliphatic rings. The van der Waals surface area contributed by atoms with Crippen molar-refractivity contribution in [3.63, 3.8) is 0 Å². The van der Waals surface area contributed by atoms with E-state index < -0.39 is 0 Å². The van der Waals surface area contributed by atoms with Crippen LogP contribution in [0, 0.1) is 0 Å². The first-order valence-corrected chi connectivity index (χ1v) is 6.90. The van der Waals surface area contributed by atoms with E-state index in [9.17, 15) is 4.79 Å². The van der Waals surface area contributed by atoms with E-state index in [1.165, 1.54) is 21.5 Å². The number of amides is 1. The molecule has 84 valence electrons. The predicted octanol–water partition coefficient (Wildman–Crippen LogP) is 2.41. The molecule has 0 fully saturated rings. The molecule has 16 heavy (non-hydrogen) atoms. The highest BCUT2D eigenvalue weighted by Gasteiger charge is 2.16. The van der Waals surface area contributed by atoms with Crippen molar-refractivity contribution >= 4 is 44.9 Å². The summed E-state index contributed by atoms with van der Waals surface area (Å²) in [6, 6.07) is 5.98. The molecule has 1 amide bonds. The van der Waals surface area contributed by atoms with Crippen LogP contribution < -0.4 is 9.88 Å². The number of anilines is 1. The lowest BCUT2D eigenvalue weighted by Gasteiger charge is -1.99. The van der Waals surface area contributed by atoms with Crippen molar-refractivity contribution in [3.05, 3.63) is 18.2 Å². The zero-order chi connectivity index (χ0) is 11.7. The van der Waals surface area contributed by atoms with Crippen molar-refractivity contribution in [2.24, 2.45) is 7.05 Å². The third-order valence-electron chi connectivity index (χ3n) is 2.29. The average Bonchev–Trinajstić information content (AvgIpc) is 2.54. The number of nitrogens with zero attached hydrogens (tertiary/aromatic N) is 1. The van der Waals surface area contributed by atoms with Crippen LogP contribution in [0.25, 0.3) is 10.2 Å². The summed E-state index contributed by atoms with van der Waals surface area (Å²) in [6.45, 7) is 1.52. The van der Waals surface area contributed by atoms with Gasteiger partial charge in [-0.2, -0.15) is 4.57 Å². The lowest BCUT2D eigenvalue weighted by molar-refractivity contribution is -0.676. The molecule has 0 spiro atoms. The van der Waals surface area contributed by atoms with Crippen molar-refractivity contribution in [1.82, 2.24) is 0 Å². The molecule has 0 bridgehead atoms. The monoisotopic (exact) mass is 253 g/mol. The molecule has 2 rings (SSSR count). The molecule has 1 aromatic carbocycles. The molecule has 5 heteroatoms. The highest BCUT2D eigenvalue weighted by molar-refractivity contribution is 8.00. The fraction of sp³-hybridized carbons (Fsp3) is 0.273. The maximum atomic E-state index is 11.0. The van der Waals surface area contributed by atoms with E-state index in [2.05, 4.69) is 23.2 Å². The van der Waals surface area contributed by atoms with Gasteiger partial charge in [-0.1, -0.05) is 11.3 Å². The summed E-state index contributed by atoms with van der Waals surface area (Å²) >= 11 is 3.47. The predicted molar refractivity (Wildman–Crippen MR) is 69.1 cm³/mol. The first-order chi connectivity index (χ1) is 7.61. The smallest absolute Gasteiger partial charge is 0.297 e. The third kappa shape index (κ3) is 2.05. The van der Waals surface area contributed by atoms with Gasteiger partial charge in [0.05, 0.1) is 0 Å². The number of thiazole rings is 1. The van der Waals surface area contributed by atoms with Gasteiger partial charge < -0.3 is 5.32 Å². The van der Waals surface area contributed by atoms with Crippen LogP contribution in [0.4, 0.5) is 5.69 Å². The number of thioether (sulfide) groups is 1. The molecule has 1 N–H and O–H groups in total. The molecular weight excluding hydrogens is 240 g/mol.